The molecular formula is C11H13N3O7. The lowest BCUT2D eigenvalue weighted by molar-refractivity contribution is -0.182. The number of hydrogen-bond donors (Lipinski definition) is 0. The van der Waals surface area contributed by atoms with E-state index in [-0.39, 0.29) is 19.3 Å². The van der Waals surface area contributed by atoms with Gasteiger partial charge >= 0.3 is 12.1 Å². The number of ether oxygens (including phenoxy) is 2. The van der Waals surface area contributed by atoms with Crippen molar-refractivity contribution >= 4 is 23.9 Å². The molecule has 0 radical (unpaired) electrons. The zero-order valence-electron chi connectivity index (χ0n) is 11.2. The first-order valence-electron chi connectivity index (χ1n) is 6.20. The van der Waals surface area contributed by atoms with Gasteiger partial charge in [0.2, 0.25) is 6.79 Å². The van der Waals surface area contributed by atoms with Crippen LogP contribution in [-0.2, 0) is 28.7 Å². The molecule has 0 spiro atoms. The molecule has 2 aliphatic rings. The smallest absolute Gasteiger partial charge is 0.428 e. The highest BCUT2D eigenvalue weighted by atomic mass is 16.9. The van der Waals surface area contributed by atoms with Crippen LogP contribution in [0.25, 0.3) is 0 Å². The maximum Gasteiger partial charge on any atom is 0.536 e. The van der Waals surface area contributed by atoms with E-state index >= 15 is 0 Å². The molecule has 0 saturated carbocycles. The van der Waals surface area contributed by atoms with Gasteiger partial charge < -0.3 is 9.47 Å². The maximum atomic E-state index is 11.3. The van der Waals surface area contributed by atoms with E-state index in [1.165, 1.54) is 0 Å². The van der Waals surface area contributed by atoms with Crippen molar-refractivity contribution < 1.29 is 33.5 Å². The van der Waals surface area contributed by atoms with Crippen molar-refractivity contribution in [1.82, 2.24) is 5.06 Å². The summed E-state index contributed by atoms with van der Waals surface area (Å²) in [6.07, 6.45) is -0.852. The minimum atomic E-state index is -1.30. The van der Waals surface area contributed by atoms with E-state index in [4.69, 9.17) is 0 Å². The fraction of sp³-hybridized carbons (Fsp3) is 0.636. The third-order valence-electron chi connectivity index (χ3n) is 2.81. The molecule has 0 atom stereocenters. The zero-order valence-corrected chi connectivity index (χ0v) is 11.2. The van der Waals surface area contributed by atoms with Gasteiger partial charge in [0.15, 0.2) is 5.66 Å². The van der Waals surface area contributed by atoms with E-state index in [9.17, 15) is 19.2 Å². The van der Waals surface area contributed by atoms with Crippen molar-refractivity contribution in [3.05, 3.63) is 0 Å². The van der Waals surface area contributed by atoms with Gasteiger partial charge in [0.1, 0.15) is 0 Å². The van der Waals surface area contributed by atoms with Crippen molar-refractivity contribution in [1.29, 1.82) is 0 Å². The summed E-state index contributed by atoms with van der Waals surface area (Å²) in [4.78, 5) is 49.2. The Balaban J connectivity index is 1.59. The third kappa shape index (κ3) is 4.23. The number of hydrogen-bond acceptors (Lipinski definition) is 9. The number of hydroxylamine groups is 2. The molecule has 0 aromatic rings. The second-order valence-electron chi connectivity index (χ2n) is 4.62. The first kappa shape index (κ1) is 14.9. The average Bonchev–Trinajstić information content (AvgIpc) is 3.10. The van der Waals surface area contributed by atoms with E-state index < -0.39 is 36.4 Å². The molecule has 21 heavy (non-hydrogen) atoms. The van der Waals surface area contributed by atoms with Crippen molar-refractivity contribution in [2.24, 2.45) is 10.2 Å². The summed E-state index contributed by atoms with van der Waals surface area (Å²) in [6.45, 7) is 1.09. The summed E-state index contributed by atoms with van der Waals surface area (Å²) in [6, 6.07) is 0. The highest BCUT2D eigenvalue weighted by Gasteiger charge is 2.34. The first-order valence-corrected chi connectivity index (χ1v) is 6.20. The molecule has 0 unspecified atom stereocenters. The third-order valence-corrected chi connectivity index (χ3v) is 2.81. The minimum absolute atomic E-state index is 0.0179. The number of esters is 1. The minimum Gasteiger partial charge on any atom is -0.428 e. The van der Waals surface area contributed by atoms with Crippen molar-refractivity contribution in [2.75, 3.05) is 6.79 Å². The Bertz CT molecular complexity index is 494. The predicted molar refractivity (Wildman–Crippen MR) is 62.1 cm³/mol. The Morgan fingerprint density at radius 3 is 2.38 bits per heavy atom. The molecule has 1 fully saturated rings. The van der Waals surface area contributed by atoms with Gasteiger partial charge in [-0.05, 0) is 6.92 Å². The Morgan fingerprint density at radius 2 is 1.81 bits per heavy atom. The molecule has 10 nitrogen and oxygen atoms in total. The largest absolute Gasteiger partial charge is 0.536 e. The molecule has 2 amide bonds. The standard InChI is InChI=1S/C11H13N3O7/c1-11(12-13-11)5-4-9(17)19-6-20-10(18)21-14-7(15)2-3-8(14)16/h2-6H2,1H3. The SMILES string of the molecule is CC1(CCC(=O)OCOC(=O)ON2C(=O)CCC2=O)N=N1. The predicted octanol–water partition coefficient (Wildman–Crippen LogP) is 0.666. The lowest BCUT2D eigenvalue weighted by atomic mass is 10.1. The van der Waals surface area contributed by atoms with Crippen LogP contribution in [-0.4, -0.2) is 41.5 Å². The van der Waals surface area contributed by atoms with Gasteiger partial charge in [-0.3, -0.25) is 19.2 Å². The summed E-state index contributed by atoms with van der Waals surface area (Å²) in [7, 11) is 0. The van der Waals surface area contributed by atoms with Crippen LogP contribution in [0.1, 0.15) is 32.6 Å². The van der Waals surface area contributed by atoms with Gasteiger partial charge in [-0.2, -0.15) is 10.2 Å². The number of carbonyl (C=O) groups excluding carboxylic acids is 4. The molecule has 0 bridgehead atoms. The van der Waals surface area contributed by atoms with Gasteiger partial charge in [0, 0.05) is 25.7 Å². The highest BCUT2D eigenvalue weighted by Crippen LogP contribution is 2.31. The molecule has 2 rings (SSSR count). The monoisotopic (exact) mass is 299 g/mol. The number of imide groups is 1. The normalized spacial score (nSPS) is 18.6. The Labute approximate surface area is 119 Å². The van der Waals surface area contributed by atoms with Crippen molar-refractivity contribution in [2.45, 2.75) is 38.3 Å². The van der Waals surface area contributed by atoms with E-state index in [1.54, 1.807) is 6.92 Å². The summed E-state index contributed by atoms with van der Waals surface area (Å²) >= 11 is 0. The first-order chi connectivity index (χ1) is 9.89. The lowest BCUT2D eigenvalue weighted by Crippen LogP contribution is -2.32. The van der Waals surface area contributed by atoms with Crippen molar-refractivity contribution in [3.8, 4) is 0 Å². The highest BCUT2D eigenvalue weighted by molar-refractivity contribution is 6.01. The number of amides is 2. The zero-order chi connectivity index (χ0) is 15.5. The van der Waals surface area contributed by atoms with Crippen LogP contribution < -0.4 is 0 Å². The molecular weight excluding hydrogens is 286 g/mol. The van der Waals surface area contributed by atoms with Crippen LogP contribution in [0, 0.1) is 0 Å². The van der Waals surface area contributed by atoms with Crippen LogP contribution in [0.4, 0.5) is 4.79 Å². The van der Waals surface area contributed by atoms with E-state index in [0.29, 0.717) is 11.5 Å². The molecule has 2 aliphatic heterocycles. The van der Waals surface area contributed by atoms with E-state index in [1.807, 2.05) is 0 Å². The topological polar surface area (TPSA) is 124 Å². The van der Waals surface area contributed by atoms with Gasteiger partial charge in [0.05, 0.1) is 0 Å². The summed E-state index contributed by atoms with van der Waals surface area (Å²) in [5.41, 5.74) is -0.505. The average molecular weight is 299 g/mol. The molecule has 0 aromatic carbocycles. The summed E-state index contributed by atoms with van der Waals surface area (Å²) in [5.74, 6) is -1.84. The van der Waals surface area contributed by atoms with Gasteiger partial charge in [0.25, 0.3) is 11.8 Å². The fourth-order valence-corrected chi connectivity index (χ4v) is 1.50. The fourth-order valence-electron chi connectivity index (χ4n) is 1.50. The van der Waals surface area contributed by atoms with E-state index in [0.717, 1.165) is 0 Å². The number of rotatable bonds is 6. The molecule has 0 aromatic heterocycles. The van der Waals surface area contributed by atoms with Crippen LogP contribution >= 0.6 is 0 Å². The molecule has 2 heterocycles. The Kier molecular flexibility index (Phi) is 4.15. The van der Waals surface area contributed by atoms with Crippen LogP contribution in [0.5, 0.6) is 0 Å². The second-order valence-corrected chi connectivity index (χ2v) is 4.62. The van der Waals surface area contributed by atoms with E-state index in [2.05, 4.69) is 24.5 Å². The molecule has 0 aliphatic carbocycles. The van der Waals surface area contributed by atoms with Gasteiger partial charge in [-0.15, -0.1) is 0 Å². The Hall–Kier alpha value is -2.52. The maximum absolute atomic E-state index is 11.3. The quantitative estimate of drug-likeness (QED) is 0.401. The summed E-state index contributed by atoms with van der Waals surface area (Å²) < 4.78 is 9.04. The van der Waals surface area contributed by atoms with Gasteiger partial charge in [-0.1, -0.05) is 5.06 Å². The summed E-state index contributed by atoms with van der Waals surface area (Å²) in [5, 5.41) is 7.79. The van der Waals surface area contributed by atoms with Gasteiger partial charge in [-0.25, -0.2) is 4.79 Å². The van der Waals surface area contributed by atoms with Crippen LogP contribution in [0.3, 0.4) is 0 Å². The molecule has 114 valence electrons. The number of carbonyl (C=O) groups is 4. The molecule has 1 saturated heterocycles. The molecule has 10 heteroatoms. The van der Waals surface area contributed by atoms with Crippen molar-refractivity contribution in [3.63, 3.8) is 0 Å². The van der Waals surface area contributed by atoms with Crippen LogP contribution in [0.15, 0.2) is 10.2 Å². The molecule has 0 N–H and O–H groups in total. The number of nitrogens with zero attached hydrogens (tertiary/aromatic N) is 3. The Morgan fingerprint density at radius 1 is 1.19 bits per heavy atom. The van der Waals surface area contributed by atoms with Crippen LogP contribution in [0.2, 0.25) is 0 Å². The lowest BCUT2D eigenvalue weighted by Gasteiger charge is -2.12. The second kappa shape index (κ2) is 5.85.